The lowest BCUT2D eigenvalue weighted by Crippen LogP contribution is -2.48. The fourth-order valence-corrected chi connectivity index (χ4v) is 2.56. The van der Waals surface area contributed by atoms with Crippen molar-refractivity contribution in [1.82, 2.24) is 4.90 Å². The van der Waals surface area contributed by atoms with Crippen LogP contribution in [0.5, 0.6) is 5.75 Å². The van der Waals surface area contributed by atoms with Crippen LogP contribution in [0, 0.1) is 0 Å². The molecule has 0 aliphatic carbocycles. The quantitative estimate of drug-likeness (QED) is 0.798. The molecule has 0 spiro atoms. The van der Waals surface area contributed by atoms with Crippen LogP contribution in [0.25, 0.3) is 0 Å². The molecule has 1 aliphatic rings. The number of amides is 1. The average Bonchev–Trinajstić information content (AvgIpc) is 2.54. The number of rotatable bonds is 4. The molecule has 1 heterocycles. The van der Waals surface area contributed by atoms with Gasteiger partial charge in [0.15, 0.2) is 0 Å². The maximum atomic E-state index is 12.6. The highest BCUT2D eigenvalue weighted by Crippen LogP contribution is 2.22. The summed E-state index contributed by atoms with van der Waals surface area (Å²) in [5.74, 6) is 0.265. The van der Waals surface area contributed by atoms with Crippen molar-refractivity contribution in [1.29, 1.82) is 0 Å². The highest BCUT2D eigenvalue weighted by atomic mass is 16.5. The van der Waals surface area contributed by atoms with Crippen molar-refractivity contribution in [3.05, 3.63) is 29.8 Å². The summed E-state index contributed by atoms with van der Waals surface area (Å²) in [5.41, 5.74) is 0.562. The van der Waals surface area contributed by atoms with Crippen LogP contribution in [0.2, 0.25) is 0 Å². The smallest absolute Gasteiger partial charge is 0.328 e. The standard InChI is InChI=1S/C16H21NO4/c1-3-21-16(19)14-6-4-5-11-17(14)15(18)12-7-9-13(20-2)10-8-12/h7-10,14H,3-6,11H2,1-2H3. The minimum atomic E-state index is -0.465. The summed E-state index contributed by atoms with van der Waals surface area (Å²) in [7, 11) is 1.58. The van der Waals surface area contributed by atoms with Gasteiger partial charge in [0.2, 0.25) is 0 Å². The maximum Gasteiger partial charge on any atom is 0.328 e. The Hall–Kier alpha value is -2.04. The molecule has 1 aromatic rings. The summed E-state index contributed by atoms with van der Waals surface area (Å²) in [6.07, 6.45) is 2.52. The van der Waals surface area contributed by atoms with Crippen molar-refractivity contribution in [2.75, 3.05) is 20.3 Å². The average molecular weight is 291 g/mol. The number of piperidine rings is 1. The van der Waals surface area contributed by atoms with Gasteiger partial charge < -0.3 is 14.4 Å². The first kappa shape index (κ1) is 15.4. The van der Waals surface area contributed by atoms with E-state index >= 15 is 0 Å². The van der Waals surface area contributed by atoms with Crippen molar-refractivity contribution in [3.8, 4) is 5.75 Å². The van der Waals surface area contributed by atoms with Crippen LogP contribution in [0.1, 0.15) is 36.5 Å². The lowest BCUT2D eigenvalue weighted by Gasteiger charge is -2.34. The van der Waals surface area contributed by atoms with Crippen LogP contribution in [0.15, 0.2) is 24.3 Å². The second kappa shape index (κ2) is 7.11. The first-order chi connectivity index (χ1) is 10.2. The van der Waals surface area contributed by atoms with Crippen LogP contribution in [0.4, 0.5) is 0 Å². The number of methoxy groups -OCH3 is 1. The molecule has 5 heteroatoms. The third-order valence-electron chi connectivity index (χ3n) is 3.66. The van der Waals surface area contributed by atoms with E-state index in [1.165, 1.54) is 0 Å². The number of likely N-dealkylation sites (tertiary alicyclic amines) is 1. The molecule has 2 rings (SSSR count). The fraction of sp³-hybridized carbons (Fsp3) is 0.500. The number of carbonyl (C=O) groups excluding carboxylic acids is 2. The molecular formula is C16H21NO4. The normalized spacial score (nSPS) is 18.2. The van der Waals surface area contributed by atoms with Crippen molar-refractivity contribution in [2.24, 2.45) is 0 Å². The van der Waals surface area contributed by atoms with Crippen LogP contribution in [0.3, 0.4) is 0 Å². The van der Waals surface area contributed by atoms with Gasteiger partial charge in [-0.15, -0.1) is 0 Å². The van der Waals surface area contributed by atoms with Gasteiger partial charge in [-0.2, -0.15) is 0 Å². The monoisotopic (exact) mass is 291 g/mol. The number of benzene rings is 1. The first-order valence-electron chi connectivity index (χ1n) is 7.29. The highest BCUT2D eigenvalue weighted by Gasteiger charge is 2.33. The zero-order chi connectivity index (χ0) is 15.2. The largest absolute Gasteiger partial charge is 0.497 e. The van der Waals surface area contributed by atoms with Crippen LogP contribution in [-0.4, -0.2) is 43.1 Å². The molecule has 0 aromatic heterocycles. The molecule has 1 aromatic carbocycles. The van der Waals surface area contributed by atoms with Gasteiger partial charge in [0.25, 0.3) is 5.91 Å². The number of hydrogen-bond acceptors (Lipinski definition) is 4. The Kier molecular flexibility index (Phi) is 5.20. The summed E-state index contributed by atoms with van der Waals surface area (Å²) < 4.78 is 10.2. The van der Waals surface area contributed by atoms with E-state index in [9.17, 15) is 9.59 Å². The van der Waals surface area contributed by atoms with E-state index in [1.54, 1.807) is 43.2 Å². The molecule has 0 saturated carbocycles. The lowest BCUT2D eigenvalue weighted by atomic mass is 10.0. The molecule has 1 aliphatic heterocycles. The van der Waals surface area contributed by atoms with Crippen molar-refractivity contribution in [3.63, 3.8) is 0 Å². The minimum Gasteiger partial charge on any atom is -0.497 e. The molecule has 5 nitrogen and oxygen atoms in total. The topological polar surface area (TPSA) is 55.8 Å². The molecule has 1 saturated heterocycles. The van der Waals surface area contributed by atoms with Crippen molar-refractivity contribution in [2.45, 2.75) is 32.2 Å². The molecule has 1 atom stereocenters. The van der Waals surface area contributed by atoms with Crippen LogP contribution in [-0.2, 0) is 9.53 Å². The molecule has 0 radical (unpaired) electrons. The fourth-order valence-electron chi connectivity index (χ4n) is 2.56. The third-order valence-corrected chi connectivity index (χ3v) is 3.66. The van der Waals surface area contributed by atoms with Gasteiger partial charge in [0.05, 0.1) is 13.7 Å². The molecule has 0 N–H and O–H groups in total. The Morgan fingerprint density at radius 1 is 1.24 bits per heavy atom. The number of nitrogens with zero attached hydrogens (tertiary/aromatic N) is 1. The summed E-state index contributed by atoms with van der Waals surface area (Å²) in [5, 5.41) is 0. The van der Waals surface area contributed by atoms with E-state index in [2.05, 4.69) is 0 Å². The molecule has 21 heavy (non-hydrogen) atoms. The van der Waals surface area contributed by atoms with Crippen molar-refractivity contribution < 1.29 is 19.1 Å². The van der Waals surface area contributed by atoms with Gasteiger partial charge in [-0.05, 0) is 50.5 Å². The lowest BCUT2D eigenvalue weighted by molar-refractivity contribution is -0.149. The van der Waals surface area contributed by atoms with Gasteiger partial charge in [0, 0.05) is 12.1 Å². The zero-order valence-electron chi connectivity index (χ0n) is 12.5. The Balaban J connectivity index is 2.15. The summed E-state index contributed by atoms with van der Waals surface area (Å²) in [4.78, 5) is 26.2. The van der Waals surface area contributed by atoms with Crippen LogP contribution < -0.4 is 4.74 Å². The highest BCUT2D eigenvalue weighted by molar-refractivity contribution is 5.97. The van der Waals surface area contributed by atoms with E-state index in [0.29, 0.717) is 30.9 Å². The van der Waals surface area contributed by atoms with E-state index in [4.69, 9.17) is 9.47 Å². The van der Waals surface area contributed by atoms with Gasteiger partial charge in [-0.1, -0.05) is 0 Å². The molecule has 114 valence electrons. The van der Waals surface area contributed by atoms with E-state index in [0.717, 1.165) is 12.8 Å². The summed E-state index contributed by atoms with van der Waals surface area (Å²) >= 11 is 0. The predicted octanol–water partition coefficient (Wildman–Crippen LogP) is 2.25. The SMILES string of the molecule is CCOC(=O)C1CCCCN1C(=O)c1ccc(OC)cc1. The number of hydrogen-bond donors (Lipinski definition) is 0. The number of ether oxygens (including phenoxy) is 2. The van der Waals surface area contributed by atoms with E-state index in [1.807, 2.05) is 0 Å². The Morgan fingerprint density at radius 3 is 2.57 bits per heavy atom. The summed E-state index contributed by atoms with van der Waals surface area (Å²) in [6.45, 7) is 2.70. The number of esters is 1. The number of carbonyl (C=O) groups is 2. The second-order valence-electron chi connectivity index (χ2n) is 4.99. The second-order valence-corrected chi connectivity index (χ2v) is 4.99. The van der Waals surface area contributed by atoms with E-state index in [-0.39, 0.29) is 11.9 Å². The van der Waals surface area contributed by atoms with Gasteiger partial charge in [0.1, 0.15) is 11.8 Å². The predicted molar refractivity (Wildman–Crippen MR) is 78.3 cm³/mol. The summed E-state index contributed by atoms with van der Waals surface area (Å²) in [6, 6.07) is 6.47. The molecule has 1 unspecified atom stereocenters. The molecule has 1 amide bonds. The Labute approximate surface area is 124 Å². The molecule has 1 fully saturated rings. The third kappa shape index (κ3) is 3.54. The Morgan fingerprint density at radius 2 is 1.95 bits per heavy atom. The van der Waals surface area contributed by atoms with E-state index < -0.39 is 6.04 Å². The van der Waals surface area contributed by atoms with Crippen LogP contribution >= 0.6 is 0 Å². The minimum absolute atomic E-state index is 0.129. The molecular weight excluding hydrogens is 270 g/mol. The zero-order valence-corrected chi connectivity index (χ0v) is 12.5. The van der Waals surface area contributed by atoms with Gasteiger partial charge in [-0.25, -0.2) is 4.79 Å². The van der Waals surface area contributed by atoms with Crippen molar-refractivity contribution >= 4 is 11.9 Å². The first-order valence-corrected chi connectivity index (χ1v) is 7.29. The van der Waals surface area contributed by atoms with Gasteiger partial charge in [-0.3, -0.25) is 4.79 Å². The maximum absolute atomic E-state index is 12.6. The van der Waals surface area contributed by atoms with Gasteiger partial charge >= 0.3 is 5.97 Å². The Bertz CT molecular complexity index is 498. The molecule has 0 bridgehead atoms.